The Balaban J connectivity index is 2.24. The Bertz CT molecular complexity index is 333. The SMILES string of the molecule is CC(=O)N1CCc2[c]cccc2C1. The number of rotatable bonds is 0. The summed E-state index contributed by atoms with van der Waals surface area (Å²) in [5, 5.41) is 0. The minimum Gasteiger partial charge on any atom is -0.338 e. The van der Waals surface area contributed by atoms with Crippen molar-refractivity contribution in [3.8, 4) is 0 Å². The van der Waals surface area contributed by atoms with Gasteiger partial charge in [0.05, 0.1) is 0 Å². The molecule has 0 aromatic heterocycles. The molecule has 0 N–H and O–H groups in total. The first-order valence-corrected chi connectivity index (χ1v) is 4.51. The Labute approximate surface area is 78.2 Å². The van der Waals surface area contributed by atoms with Crippen LogP contribution < -0.4 is 0 Å². The molecule has 1 aromatic rings. The molecule has 0 saturated heterocycles. The lowest BCUT2D eigenvalue weighted by Gasteiger charge is -2.27. The number of carbonyl (C=O) groups excluding carboxylic acids is 1. The number of amides is 1. The average molecular weight is 174 g/mol. The summed E-state index contributed by atoms with van der Waals surface area (Å²) in [4.78, 5) is 13.0. The van der Waals surface area contributed by atoms with Gasteiger partial charge in [-0.25, -0.2) is 0 Å². The van der Waals surface area contributed by atoms with E-state index in [1.54, 1.807) is 6.92 Å². The van der Waals surface area contributed by atoms with Crippen LogP contribution in [0.2, 0.25) is 0 Å². The average Bonchev–Trinajstić information content (AvgIpc) is 2.17. The van der Waals surface area contributed by atoms with E-state index in [2.05, 4.69) is 12.1 Å². The second-order valence-corrected chi connectivity index (χ2v) is 3.36. The van der Waals surface area contributed by atoms with Gasteiger partial charge in [0, 0.05) is 20.0 Å². The second kappa shape index (κ2) is 3.21. The highest BCUT2D eigenvalue weighted by Crippen LogP contribution is 2.17. The van der Waals surface area contributed by atoms with Gasteiger partial charge in [0.15, 0.2) is 0 Å². The van der Waals surface area contributed by atoms with E-state index in [4.69, 9.17) is 0 Å². The maximum absolute atomic E-state index is 11.1. The minimum absolute atomic E-state index is 0.162. The van der Waals surface area contributed by atoms with Crippen LogP contribution in [0.4, 0.5) is 0 Å². The normalized spacial score (nSPS) is 15.3. The predicted octanol–water partition coefficient (Wildman–Crippen LogP) is 1.39. The summed E-state index contributed by atoms with van der Waals surface area (Å²) in [5.74, 6) is 0.162. The standard InChI is InChI=1S/C11H12NO/c1-9(13)12-7-6-10-4-2-3-5-11(10)8-12/h2-3,5H,6-8H2,1H3. The van der Waals surface area contributed by atoms with Crippen LogP contribution in [0.1, 0.15) is 18.1 Å². The largest absolute Gasteiger partial charge is 0.338 e. The first-order valence-electron chi connectivity index (χ1n) is 4.51. The third-order valence-electron chi connectivity index (χ3n) is 2.48. The van der Waals surface area contributed by atoms with Crippen molar-refractivity contribution in [1.82, 2.24) is 4.90 Å². The van der Waals surface area contributed by atoms with E-state index in [0.717, 1.165) is 19.5 Å². The van der Waals surface area contributed by atoms with Crippen molar-refractivity contribution in [3.05, 3.63) is 35.4 Å². The molecule has 1 aliphatic rings. The van der Waals surface area contributed by atoms with E-state index in [1.165, 1.54) is 11.1 Å². The summed E-state index contributed by atoms with van der Waals surface area (Å²) < 4.78 is 0. The van der Waals surface area contributed by atoms with E-state index < -0.39 is 0 Å². The summed E-state index contributed by atoms with van der Waals surface area (Å²) in [6.07, 6.45) is 0.940. The Hall–Kier alpha value is -1.31. The number of hydrogen-bond donors (Lipinski definition) is 0. The molecule has 1 amide bonds. The fourth-order valence-electron chi connectivity index (χ4n) is 1.69. The van der Waals surface area contributed by atoms with E-state index in [0.29, 0.717) is 0 Å². The molecule has 0 aliphatic carbocycles. The zero-order chi connectivity index (χ0) is 9.26. The Morgan fingerprint density at radius 2 is 2.46 bits per heavy atom. The molecular weight excluding hydrogens is 162 g/mol. The van der Waals surface area contributed by atoms with Gasteiger partial charge in [-0.05, 0) is 23.6 Å². The number of fused-ring (bicyclic) bond motifs is 1. The van der Waals surface area contributed by atoms with Crippen LogP contribution in [0.25, 0.3) is 0 Å². The van der Waals surface area contributed by atoms with Crippen LogP contribution in [-0.2, 0) is 17.8 Å². The fraction of sp³-hybridized carbons (Fsp3) is 0.364. The molecule has 0 spiro atoms. The second-order valence-electron chi connectivity index (χ2n) is 3.36. The molecule has 1 heterocycles. The van der Waals surface area contributed by atoms with Crippen molar-refractivity contribution < 1.29 is 4.79 Å². The molecule has 2 rings (SSSR count). The lowest BCUT2D eigenvalue weighted by atomic mass is 10.00. The molecule has 0 atom stereocenters. The summed E-state index contributed by atoms with van der Waals surface area (Å²) in [6.45, 7) is 3.21. The van der Waals surface area contributed by atoms with Gasteiger partial charge in [-0.2, -0.15) is 0 Å². The van der Waals surface area contributed by atoms with Gasteiger partial charge in [0.25, 0.3) is 0 Å². The Kier molecular flexibility index (Phi) is 2.05. The molecule has 0 saturated carbocycles. The van der Waals surface area contributed by atoms with E-state index in [1.807, 2.05) is 17.0 Å². The van der Waals surface area contributed by atoms with Crippen molar-refractivity contribution >= 4 is 5.91 Å². The predicted molar refractivity (Wildman–Crippen MR) is 50.1 cm³/mol. The Morgan fingerprint density at radius 3 is 3.23 bits per heavy atom. The third-order valence-corrected chi connectivity index (χ3v) is 2.48. The molecule has 1 aromatic carbocycles. The highest BCUT2D eigenvalue weighted by molar-refractivity contribution is 5.73. The summed E-state index contributed by atoms with van der Waals surface area (Å²) in [7, 11) is 0. The molecule has 1 radical (unpaired) electrons. The molecule has 0 unspecified atom stereocenters. The summed E-state index contributed by atoms with van der Waals surface area (Å²) >= 11 is 0. The van der Waals surface area contributed by atoms with Crippen LogP contribution in [0.15, 0.2) is 18.2 Å². The lowest BCUT2D eigenvalue weighted by Crippen LogP contribution is -2.34. The van der Waals surface area contributed by atoms with Crippen molar-refractivity contribution in [2.75, 3.05) is 6.54 Å². The van der Waals surface area contributed by atoms with Gasteiger partial charge in [0.2, 0.25) is 5.91 Å². The van der Waals surface area contributed by atoms with Gasteiger partial charge in [-0.1, -0.05) is 18.2 Å². The molecule has 2 nitrogen and oxygen atoms in total. The van der Waals surface area contributed by atoms with E-state index in [-0.39, 0.29) is 5.91 Å². The first kappa shape index (κ1) is 8.30. The van der Waals surface area contributed by atoms with Gasteiger partial charge in [-0.15, -0.1) is 0 Å². The zero-order valence-corrected chi connectivity index (χ0v) is 7.71. The van der Waals surface area contributed by atoms with Crippen LogP contribution in [0.3, 0.4) is 0 Å². The highest BCUT2D eigenvalue weighted by atomic mass is 16.2. The molecule has 67 valence electrons. The van der Waals surface area contributed by atoms with Gasteiger partial charge >= 0.3 is 0 Å². The topological polar surface area (TPSA) is 20.3 Å². The number of nitrogens with zero attached hydrogens (tertiary/aromatic N) is 1. The van der Waals surface area contributed by atoms with Gasteiger partial charge in [0.1, 0.15) is 0 Å². The third kappa shape index (κ3) is 1.57. The van der Waals surface area contributed by atoms with Crippen molar-refractivity contribution in [1.29, 1.82) is 0 Å². The summed E-state index contributed by atoms with van der Waals surface area (Å²) in [5.41, 5.74) is 2.50. The molecule has 0 bridgehead atoms. The monoisotopic (exact) mass is 174 g/mol. The Morgan fingerprint density at radius 1 is 1.62 bits per heavy atom. The highest BCUT2D eigenvalue weighted by Gasteiger charge is 2.16. The smallest absolute Gasteiger partial charge is 0.219 e. The first-order chi connectivity index (χ1) is 6.27. The molecule has 2 heteroatoms. The molecule has 13 heavy (non-hydrogen) atoms. The minimum atomic E-state index is 0.162. The zero-order valence-electron chi connectivity index (χ0n) is 7.71. The van der Waals surface area contributed by atoms with Gasteiger partial charge < -0.3 is 4.90 Å². The molecule has 0 fully saturated rings. The van der Waals surface area contributed by atoms with Crippen LogP contribution >= 0.6 is 0 Å². The number of carbonyl (C=O) groups is 1. The van der Waals surface area contributed by atoms with E-state index in [9.17, 15) is 4.79 Å². The van der Waals surface area contributed by atoms with Crippen LogP contribution in [0.5, 0.6) is 0 Å². The quantitative estimate of drug-likeness (QED) is 0.582. The molecule has 1 aliphatic heterocycles. The van der Waals surface area contributed by atoms with Crippen molar-refractivity contribution in [2.45, 2.75) is 19.9 Å². The van der Waals surface area contributed by atoms with Crippen LogP contribution in [-0.4, -0.2) is 17.4 Å². The van der Waals surface area contributed by atoms with Crippen LogP contribution in [0, 0.1) is 6.07 Å². The number of benzene rings is 1. The van der Waals surface area contributed by atoms with Crippen molar-refractivity contribution in [3.63, 3.8) is 0 Å². The molecular formula is C11H12NO. The lowest BCUT2D eigenvalue weighted by molar-refractivity contribution is -0.129. The maximum atomic E-state index is 11.1. The van der Waals surface area contributed by atoms with Gasteiger partial charge in [-0.3, -0.25) is 4.79 Å². The van der Waals surface area contributed by atoms with Crippen molar-refractivity contribution in [2.24, 2.45) is 0 Å². The summed E-state index contributed by atoms with van der Waals surface area (Å²) in [6, 6.07) is 9.19. The maximum Gasteiger partial charge on any atom is 0.219 e. The fourth-order valence-corrected chi connectivity index (χ4v) is 1.69. The number of hydrogen-bond acceptors (Lipinski definition) is 1. The van der Waals surface area contributed by atoms with E-state index >= 15 is 0 Å².